The first kappa shape index (κ1) is 24.5. The minimum Gasteiger partial charge on any atom is -0.368 e. The first-order valence-corrected chi connectivity index (χ1v) is 11.6. The zero-order valence-corrected chi connectivity index (χ0v) is 20.0. The molecule has 0 bridgehead atoms. The lowest BCUT2D eigenvalue weighted by molar-refractivity contribution is 0.0367. The minimum atomic E-state index is -2.85. The van der Waals surface area contributed by atoms with Gasteiger partial charge in [0.05, 0.1) is 17.8 Å². The average molecular weight is 483 g/mol. The topological polar surface area (TPSA) is 78.5 Å². The fraction of sp³-hybridized carbons (Fsp3) is 0.346. The van der Waals surface area contributed by atoms with Gasteiger partial charge >= 0.3 is 0 Å². The second kappa shape index (κ2) is 9.93. The summed E-state index contributed by atoms with van der Waals surface area (Å²) >= 11 is 0. The Labute approximate surface area is 202 Å². The van der Waals surface area contributed by atoms with Gasteiger partial charge in [-0.15, -0.1) is 10.2 Å². The van der Waals surface area contributed by atoms with Crippen LogP contribution in [0.25, 0.3) is 22.2 Å². The molecule has 0 fully saturated rings. The van der Waals surface area contributed by atoms with Crippen LogP contribution >= 0.6 is 0 Å². The van der Waals surface area contributed by atoms with Crippen molar-refractivity contribution in [2.75, 3.05) is 23.7 Å². The summed E-state index contributed by atoms with van der Waals surface area (Å²) in [4.78, 5) is 0. The maximum atomic E-state index is 13.4. The molecule has 0 amide bonds. The van der Waals surface area contributed by atoms with Crippen LogP contribution in [0.2, 0.25) is 0 Å². The molecule has 0 spiro atoms. The molecule has 1 atom stereocenters. The van der Waals surface area contributed by atoms with E-state index in [0.717, 1.165) is 36.4 Å². The van der Waals surface area contributed by atoms with Crippen molar-refractivity contribution in [3.63, 3.8) is 0 Å². The van der Waals surface area contributed by atoms with E-state index in [-0.39, 0.29) is 11.2 Å². The molecule has 0 aliphatic rings. The highest BCUT2D eigenvalue weighted by Gasteiger charge is 2.26. The van der Waals surface area contributed by atoms with E-state index in [9.17, 15) is 13.2 Å². The Bertz CT molecular complexity index is 1270. The number of anilines is 2. The van der Waals surface area contributed by atoms with E-state index >= 15 is 0 Å². The van der Waals surface area contributed by atoms with Gasteiger partial charge in [0, 0.05) is 29.8 Å². The van der Waals surface area contributed by atoms with Crippen LogP contribution < -0.4 is 10.6 Å². The zero-order valence-electron chi connectivity index (χ0n) is 20.0. The van der Waals surface area contributed by atoms with Crippen molar-refractivity contribution in [2.24, 2.45) is 0 Å². The molecule has 0 aliphatic carbocycles. The van der Waals surface area contributed by atoms with Gasteiger partial charge in [-0.25, -0.2) is 13.2 Å². The van der Waals surface area contributed by atoms with E-state index in [2.05, 4.69) is 44.9 Å². The Kier molecular flexibility index (Phi) is 6.95. The predicted octanol–water partition coefficient (Wildman–Crippen LogP) is 6.40. The second-order valence-electron chi connectivity index (χ2n) is 9.23. The van der Waals surface area contributed by atoms with Crippen molar-refractivity contribution < 1.29 is 13.2 Å². The molecule has 0 saturated heterocycles. The van der Waals surface area contributed by atoms with E-state index in [0.29, 0.717) is 29.3 Å². The number of hydrogen-bond donors (Lipinski definition) is 3. The summed E-state index contributed by atoms with van der Waals surface area (Å²) in [5.74, 6) is -2.09. The van der Waals surface area contributed by atoms with Gasteiger partial charge in [-0.1, -0.05) is 38.5 Å². The fourth-order valence-corrected chi connectivity index (χ4v) is 4.15. The van der Waals surface area contributed by atoms with E-state index < -0.39 is 12.5 Å². The van der Waals surface area contributed by atoms with Crippen LogP contribution in [0.1, 0.15) is 39.2 Å². The largest absolute Gasteiger partial charge is 0.368 e. The van der Waals surface area contributed by atoms with Crippen LogP contribution in [0.4, 0.5) is 24.8 Å². The monoisotopic (exact) mass is 482 g/mol. The molecule has 9 heteroatoms. The van der Waals surface area contributed by atoms with Crippen LogP contribution in [0.3, 0.4) is 0 Å². The number of halogens is 3. The molecular weight excluding hydrogens is 453 g/mol. The number of hydrogen-bond acceptors (Lipinski definition) is 5. The number of aromatic amines is 1. The standard InChI is InChI=1S/C26H29F3N6/c1-4-13-25(2,18-6-8-19(27)9-7-18)15-30-23-12-11-21(32-34-23)17-5-10-22-20(14-17)24(35-33-22)31-16-26(3,28)29/h5-12,14H,4,13,15-16H2,1-3H3,(H,30,34)(H2,31,33,35). The summed E-state index contributed by atoms with van der Waals surface area (Å²) in [5.41, 5.74) is 3.06. The third kappa shape index (κ3) is 5.90. The van der Waals surface area contributed by atoms with Gasteiger partial charge in [-0.05, 0) is 48.4 Å². The first-order valence-electron chi connectivity index (χ1n) is 11.6. The molecule has 6 nitrogen and oxygen atoms in total. The number of rotatable bonds is 10. The molecular formula is C26H29F3N6. The third-order valence-corrected chi connectivity index (χ3v) is 6.09. The smallest absolute Gasteiger partial charge is 0.262 e. The van der Waals surface area contributed by atoms with Gasteiger partial charge < -0.3 is 10.6 Å². The lowest BCUT2D eigenvalue weighted by Gasteiger charge is -2.30. The average Bonchev–Trinajstić information content (AvgIpc) is 3.24. The van der Waals surface area contributed by atoms with Gasteiger partial charge in [0.15, 0.2) is 5.82 Å². The summed E-state index contributed by atoms with van der Waals surface area (Å²) in [6.45, 7) is 5.25. The summed E-state index contributed by atoms with van der Waals surface area (Å²) in [6, 6.07) is 15.9. The minimum absolute atomic E-state index is 0.187. The quantitative estimate of drug-likeness (QED) is 0.244. The van der Waals surface area contributed by atoms with E-state index in [1.165, 1.54) is 12.1 Å². The normalized spacial score (nSPS) is 13.5. The Morgan fingerprint density at radius 3 is 2.34 bits per heavy atom. The summed E-state index contributed by atoms with van der Waals surface area (Å²) < 4.78 is 39.9. The van der Waals surface area contributed by atoms with Gasteiger partial charge in [0.2, 0.25) is 0 Å². The fourth-order valence-electron chi connectivity index (χ4n) is 4.15. The lowest BCUT2D eigenvalue weighted by Crippen LogP contribution is -2.31. The molecule has 0 saturated carbocycles. The lowest BCUT2D eigenvalue weighted by atomic mass is 9.78. The SMILES string of the molecule is CCCC(C)(CNc1ccc(-c2ccc3[nH]nc(NCC(C)(F)F)c3c2)nn1)c1ccc(F)cc1. The summed E-state index contributed by atoms with van der Waals surface area (Å²) in [5, 5.41) is 22.4. The molecule has 4 aromatic rings. The van der Waals surface area contributed by atoms with E-state index in [4.69, 9.17) is 0 Å². The number of fused-ring (bicyclic) bond motifs is 1. The molecule has 2 aromatic heterocycles. The Balaban J connectivity index is 1.49. The van der Waals surface area contributed by atoms with Crippen molar-refractivity contribution >= 4 is 22.5 Å². The van der Waals surface area contributed by atoms with Crippen molar-refractivity contribution in [3.05, 3.63) is 66.0 Å². The molecule has 0 radical (unpaired) electrons. The van der Waals surface area contributed by atoms with Gasteiger partial charge in [-0.3, -0.25) is 5.10 Å². The molecule has 1 unspecified atom stereocenters. The van der Waals surface area contributed by atoms with Crippen LogP contribution in [0.15, 0.2) is 54.6 Å². The predicted molar refractivity (Wildman–Crippen MR) is 133 cm³/mol. The highest BCUT2D eigenvalue weighted by molar-refractivity contribution is 5.92. The number of aromatic nitrogens is 4. The number of nitrogens with zero attached hydrogens (tertiary/aromatic N) is 3. The highest BCUT2D eigenvalue weighted by Crippen LogP contribution is 2.30. The molecule has 3 N–H and O–H groups in total. The van der Waals surface area contributed by atoms with Crippen molar-refractivity contribution in [3.8, 4) is 11.3 Å². The first-order chi connectivity index (χ1) is 16.7. The molecule has 35 heavy (non-hydrogen) atoms. The Morgan fingerprint density at radius 1 is 0.914 bits per heavy atom. The summed E-state index contributed by atoms with van der Waals surface area (Å²) in [7, 11) is 0. The van der Waals surface area contributed by atoms with Crippen LogP contribution in [-0.2, 0) is 5.41 Å². The maximum Gasteiger partial charge on any atom is 0.262 e. The molecule has 184 valence electrons. The Hall–Kier alpha value is -3.62. The number of H-pyrrole nitrogens is 1. The molecule has 2 heterocycles. The van der Waals surface area contributed by atoms with Crippen LogP contribution in [0.5, 0.6) is 0 Å². The van der Waals surface area contributed by atoms with Gasteiger partial charge in [0.1, 0.15) is 11.6 Å². The summed E-state index contributed by atoms with van der Waals surface area (Å²) in [6.07, 6.45) is 1.92. The second-order valence-corrected chi connectivity index (χ2v) is 9.23. The van der Waals surface area contributed by atoms with Crippen molar-refractivity contribution in [1.82, 2.24) is 20.4 Å². The third-order valence-electron chi connectivity index (χ3n) is 6.09. The molecule has 4 rings (SSSR count). The Morgan fingerprint density at radius 2 is 1.69 bits per heavy atom. The zero-order chi connectivity index (χ0) is 25.1. The molecule has 2 aromatic carbocycles. The number of alkyl halides is 2. The van der Waals surface area contributed by atoms with Crippen LogP contribution in [-0.4, -0.2) is 39.4 Å². The number of benzene rings is 2. The van der Waals surface area contributed by atoms with E-state index in [1.807, 2.05) is 42.5 Å². The van der Waals surface area contributed by atoms with Crippen molar-refractivity contribution in [1.29, 1.82) is 0 Å². The van der Waals surface area contributed by atoms with Gasteiger partial charge in [-0.2, -0.15) is 5.10 Å². The van der Waals surface area contributed by atoms with Gasteiger partial charge in [0.25, 0.3) is 5.92 Å². The maximum absolute atomic E-state index is 13.4. The van der Waals surface area contributed by atoms with E-state index in [1.54, 1.807) is 0 Å². The highest BCUT2D eigenvalue weighted by atomic mass is 19.3. The number of nitrogens with one attached hydrogen (secondary N) is 3. The van der Waals surface area contributed by atoms with Crippen LogP contribution in [0, 0.1) is 5.82 Å². The van der Waals surface area contributed by atoms with Crippen molar-refractivity contribution in [2.45, 2.75) is 45.0 Å². The molecule has 0 aliphatic heterocycles.